The lowest BCUT2D eigenvalue weighted by Gasteiger charge is -2.25. The molecule has 0 aliphatic carbocycles. The smallest absolute Gasteiger partial charge is 0.240 e. The number of carbonyl (C=O) groups excluding carboxylic acids is 1. The molecule has 21 heavy (non-hydrogen) atoms. The van der Waals surface area contributed by atoms with Crippen molar-refractivity contribution < 1.29 is 4.79 Å². The van der Waals surface area contributed by atoms with Gasteiger partial charge in [0.2, 0.25) is 5.91 Å². The number of nitrogens with one attached hydrogen (secondary N) is 1. The predicted molar refractivity (Wildman–Crippen MR) is 88.6 cm³/mol. The second kappa shape index (κ2) is 6.71. The quantitative estimate of drug-likeness (QED) is 0.922. The molecule has 1 aromatic rings. The third-order valence-electron chi connectivity index (χ3n) is 4.24. The van der Waals surface area contributed by atoms with Crippen molar-refractivity contribution in [2.45, 2.75) is 25.4 Å². The number of rotatable bonds is 4. The Bertz CT molecular complexity index is 496. The Morgan fingerprint density at radius 3 is 2.86 bits per heavy atom. The summed E-state index contributed by atoms with van der Waals surface area (Å²) in [5.41, 5.74) is 2.55. The fourth-order valence-corrected chi connectivity index (χ4v) is 4.00. The van der Waals surface area contributed by atoms with Crippen LogP contribution in [-0.4, -0.2) is 48.6 Å². The monoisotopic (exact) mass is 305 g/mol. The number of anilines is 1. The molecule has 0 radical (unpaired) electrons. The number of carbonyl (C=O) groups is 1. The van der Waals surface area contributed by atoms with Crippen LogP contribution in [0.25, 0.3) is 0 Å². The van der Waals surface area contributed by atoms with E-state index in [4.69, 9.17) is 0 Å². The first-order chi connectivity index (χ1) is 10.3. The van der Waals surface area contributed by atoms with E-state index in [-0.39, 0.29) is 11.9 Å². The van der Waals surface area contributed by atoms with E-state index in [1.807, 2.05) is 11.9 Å². The maximum atomic E-state index is 12.4. The number of para-hydroxylation sites is 1. The molecule has 2 fully saturated rings. The number of hydrogen-bond acceptors (Lipinski definition) is 4. The number of amides is 1. The molecule has 4 nitrogen and oxygen atoms in total. The molecule has 1 aromatic carbocycles. The van der Waals surface area contributed by atoms with Gasteiger partial charge < -0.3 is 9.80 Å². The van der Waals surface area contributed by atoms with Crippen molar-refractivity contribution in [2.24, 2.45) is 0 Å². The van der Waals surface area contributed by atoms with Gasteiger partial charge in [0.1, 0.15) is 0 Å². The van der Waals surface area contributed by atoms with Crippen LogP contribution in [0.2, 0.25) is 0 Å². The van der Waals surface area contributed by atoms with Gasteiger partial charge in [-0.2, -0.15) is 0 Å². The summed E-state index contributed by atoms with van der Waals surface area (Å²) in [6, 6.07) is 8.47. The highest BCUT2D eigenvalue weighted by molar-refractivity contribution is 7.99. The van der Waals surface area contributed by atoms with Gasteiger partial charge in [-0.25, -0.2) is 0 Å². The van der Waals surface area contributed by atoms with Crippen molar-refractivity contribution in [2.75, 3.05) is 36.7 Å². The number of thioether (sulfide) groups is 1. The molecule has 0 unspecified atom stereocenters. The highest BCUT2D eigenvalue weighted by Crippen LogP contribution is 2.25. The molecule has 2 aliphatic heterocycles. The fraction of sp³-hybridized carbons (Fsp3) is 0.562. The van der Waals surface area contributed by atoms with Gasteiger partial charge >= 0.3 is 0 Å². The van der Waals surface area contributed by atoms with Crippen LogP contribution >= 0.6 is 11.8 Å². The molecule has 5 heteroatoms. The third kappa shape index (κ3) is 3.35. The summed E-state index contributed by atoms with van der Waals surface area (Å²) in [6.07, 6.45) is 2.54. The summed E-state index contributed by atoms with van der Waals surface area (Å²) in [5.74, 6) is 1.97. The van der Waals surface area contributed by atoms with Gasteiger partial charge in [-0.3, -0.25) is 10.1 Å². The zero-order valence-corrected chi connectivity index (χ0v) is 13.4. The molecular formula is C16H23N3OS. The molecule has 1 N–H and O–H groups in total. The van der Waals surface area contributed by atoms with Crippen LogP contribution in [0.1, 0.15) is 18.4 Å². The van der Waals surface area contributed by atoms with Crippen molar-refractivity contribution in [1.82, 2.24) is 10.2 Å². The first-order valence-corrected chi connectivity index (χ1v) is 8.80. The van der Waals surface area contributed by atoms with Crippen molar-refractivity contribution in [3.05, 3.63) is 29.8 Å². The molecule has 1 atom stereocenters. The highest BCUT2D eigenvalue weighted by atomic mass is 32.2. The van der Waals surface area contributed by atoms with Gasteiger partial charge in [0, 0.05) is 44.0 Å². The normalized spacial score (nSPS) is 21.8. The largest absolute Gasteiger partial charge is 0.371 e. The summed E-state index contributed by atoms with van der Waals surface area (Å²) < 4.78 is 0. The minimum absolute atomic E-state index is 0.0149. The topological polar surface area (TPSA) is 35.6 Å². The average Bonchev–Trinajstić information content (AvgIpc) is 3.20. The number of nitrogens with zero attached hydrogens (tertiary/aromatic N) is 2. The van der Waals surface area contributed by atoms with Crippen LogP contribution in [0.4, 0.5) is 5.69 Å². The van der Waals surface area contributed by atoms with Crippen LogP contribution < -0.4 is 10.2 Å². The average molecular weight is 305 g/mol. The third-order valence-corrected chi connectivity index (χ3v) is 5.18. The molecular weight excluding hydrogens is 282 g/mol. The van der Waals surface area contributed by atoms with Gasteiger partial charge in [-0.15, -0.1) is 11.8 Å². The van der Waals surface area contributed by atoms with Gasteiger partial charge in [-0.05, 0) is 24.5 Å². The molecule has 0 spiro atoms. The molecule has 114 valence electrons. The first kappa shape index (κ1) is 14.7. The predicted octanol–water partition coefficient (Wildman–Crippen LogP) is 1.91. The van der Waals surface area contributed by atoms with E-state index in [9.17, 15) is 4.79 Å². The van der Waals surface area contributed by atoms with Crippen LogP contribution in [0.5, 0.6) is 0 Å². The van der Waals surface area contributed by atoms with Gasteiger partial charge in [-0.1, -0.05) is 18.2 Å². The fourth-order valence-electron chi connectivity index (χ4n) is 3.06. The molecule has 0 saturated carbocycles. The Hall–Kier alpha value is -1.20. The van der Waals surface area contributed by atoms with Gasteiger partial charge in [0.25, 0.3) is 0 Å². The Morgan fingerprint density at radius 1 is 1.38 bits per heavy atom. The molecule has 2 heterocycles. The van der Waals surface area contributed by atoms with Crippen molar-refractivity contribution in [1.29, 1.82) is 0 Å². The van der Waals surface area contributed by atoms with Crippen molar-refractivity contribution in [3.63, 3.8) is 0 Å². The Labute approximate surface area is 130 Å². The minimum Gasteiger partial charge on any atom is -0.371 e. The zero-order valence-electron chi connectivity index (χ0n) is 12.5. The van der Waals surface area contributed by atoms with Crippen molar-refractivity contribution in [3.8, 4) is 0 Å². The van der Waals surface area contributed by atoms with Crippen LogP contribution in [0.3, 0.4) is 0 Å². The lowest BCUT2D eigenvalue weighted by atomic mass is 10.1. The first-order valence-electron chi connectivity index (χ1n) is 7.64. The number of benzene rings is 1. The minimum atomic E-state index is -0.0149. The van der Waals surface area contributed by atoms with E-state index < -0.39 is 0 Å². The lowest BCUT2D eigenvalue weighted by molar-refractivity contribution is -0.131. The SMILES string of the molecule is CN(Cc1ccccc1N1CCCC1)C(=O)[C@H]1CSCN1. The van der Waals surface area contributed by atoms with Crippen molar-refractivity contribution >= 4 is 23.4 Å². The van der Waals surface area contributed by atoms with E-state index in [0.29, 0.717) is 6.54 Å². The summed E-state index contributed by atoms with van der Waals surface area (Å²) in [7, 11) is 1.91. The number of likely N-dealkylation sites (N-methyl/N-ethyl adjacent to an activating group) is 1. The van der Waals surface area contributed by atoms with Crippen LogP contribution in [0, 0.1) is 0 Å². The Morgan fingerprint density at radius 2 is 2.14 bits per heavy atom. The summed E-state index contributed by atoms with van der Waals surface area (Å²) in [6.45, 7) is 2.96. The Balaban J connectivity index is 1.70. The van der Waals surface area contributed by atoms with Crippen LogP contribution in [0.15, 0.2) is 24.3 Å². The summed E-state index contributed by atoms with van der Waals surface area (Å²) in [5, 5.41) is 3.25. The van der Waals surface area contributed by atoms with E-state index >= 15 is 0 Å². The zero-order chi connectivity index (χ0) is 14.7. The standard InChI is InChI=1S/C16H23N3OS/c1-18(16(20)14-11-21-12-17-14)10-13-6-2-3-7-15(13)19-8-4-5-9-19/h2-3,6-7,14,17H,4-5,8-12H2,1H3/t14-/m1/s1. The van der Waals surface area contributed by atoms with E-state index in [1.165, 1.54) is 24.1 Å². The summed E-state index contributed by atoms with van der Waals surface area (Å²) in [4.78, 5) is 16.7. The van der Waals surface area contributed by atoms with Crippen LogP contribution in [-0.2, 0) is 11.3 Å². The Kier molecular flexibility index (Phi) is 4.70. The molecule has 2 saturated heterocycles. The maximum Gasteiger partial charge on any atom is 0.240 e. The number of hydrogen-bond donors (Lipinski definition) is 1. The van der Waals surface area contributed by atoms with E-state index in [2.05, 4.69) is 34.5 Å². The summed E-state index contributed by atoms with van der Waals surface area (Å²) >= 11 is 1.79. The molecule has 0 aromatic heterocycles. The lowest BCUT2D eigenvalue weighted by Crippen LogP contribution is -2.42. The second-order valence-electron chi connectivity index (χ2n) is 5.79. The maximum absolute atomic E-state index is 12.4. The van der Waals surface area contributed by atoms with E-state index in [1.54, 1.807) is 11.8 Å². The second-order valence-corrected chi connectivity index (χ2v) is 6.82. The van der Waals surface area contributed by atoms with Gasteiger partial charge in [0.05, 0.1) is 6.04 Å². The molecule has 2 aliphatic rings. The highest BCUT2D eigenvalue weighted by Gasteiger charge is 2.26. The van der Waals surface area contributed by atoms with E-state index in [0.717, 1.165) is 24.7 Å². The molecule has 0 bridgehead atoms. The van der Waals surface area contributed by atoms with Gasteiger partial charge in [0.15, 0.2) is 0 Å². The molecule has 1 amide bonds. The molecule has 3 rings (SSSR count).